The lowest BCUT2D eigenvalue weighted by Crippen LogP contribution is -3.14. The van der Waals surface area contributed by atoms with Gasteiger partial charge in [0.25, 0.3) is 10.7 Å². The zero-order valence-corrected chi connectivity index (χ0v) is 17.4. The number of H-pyrrole nitrogens is 1. The van der Waals surface area contributed by atoms with E-state index in [-0.39, 0.29) is 5.75 Å². The Hall–Kier alpha value is -2.23. The molecule has 2 aromatic heterocycles. The van der Waals surface area contributed by atoms with Crippen molar-refractivity contribution in [2.75, 3.05) is 36.8 Å². The summed E-state index contributed by atoms with van der Waals surface area (Å²) in [6.45, 7) is 6.11. The molecule has 1 aromatic carbocycles. The predicted octanol–water partition coefficient (Wildman–Crippen LogP) is 0.934. The van der Waals surface area contributed by atoms with E-state index in [4.69, 9.17) is 16.6 Å². The van der Waals surface area contributed by atoms with Gasteiger partial charge in [-0.05, 0) is 36.5 Å². The van der Waals surface area contributed by atoms with Gasteiger partial charge in [0, 0.05) is 6.07 Å². The zero-order valence-electron chi connectivity index (χ0n) is 15.7. The molecule has 0 amide bonds. The number of anilines is 1. The molecule has 3 heterocycles. The van der Waals surface area contributed by atoms with Crippen molar-refractivity contribution in [1.29, 1.82) is 0 Å². The highest BCUT2D eigenvalue weighted by atomic mass is 32.2. The largest absolute Gasteiger partial charge is 0.429 e. The van der Waals surface area contributed by atoms with E-state index < -0.39 is 9.84 Å². The molecule has 1 aliphatic rings. The van der Waals surface area contributed by atoms with Crippen molar-refractivity contribution in [1.82, 2.24) is 4.57 Å². The summed E-state index contributed by atoms with van der Waals surface area (Å²) in [6.07, 6.45) is 1.94. The van der Waals surface area contributed by atoms with E-state index in [1.54, 1.807) is 25.1 Å². The van der Waals surface area contributed by atoms with Gasteiger partial charge in [0.15, 0.2) is 22.1 Å². The van der Waals surface area contributed by atoms with Crippen LogP contribution in [0.1, 0.15) is 6.92 Å². The van der Waals surface area contributed by atoms with Gasteiger partial charge >= 0.3 is 0 Å². The number of oxazole rings is 1. The highest BCUT2D eigenvalue weighted by Crippen LogP contribution is 2.22. The smallest absolute Gasteiger partial charge is 0.274 e. The Morgan fingerprint density at radius 2 is 2.00 bits per heavy atom. The molecule has 0 bridgehead atoms. The second kappa shape index (κ2) is 7.65. The first-order valence-corrected chi connectivity index (χ1v) is 11.5. The lowest BCUT2D eigenvalue weighted by atomic mass is 10.3. The average molecular weight is 421 g/mol. The molecule has 28 heavy (non-hydrogen) atoms. The van der Waals surface area contributed by atoms with E-state index in [0.29, 0.717) is 22.0 Å². The van der Waals surface area contributed by atoms with Crippen LogP contribution in [0.5, 0.6) is 0 Å². The Balaban J connectivity index is 1.54. The maximum atomic E-state index is 12.2. The van der Waals surface area contributed by atoms with Gasteiger partial charge < -0.3 is 9.32 Å². The SMILES string of the molecule is CCS(=O)(=O)c1ccc2oc(=S)n(C[NH+]3CCN(c4cccc[nH+]4)CC3)c2c1. The Labute approximate surface area is 169 Å². The van der Waals surface area contributed by atoms with Gasteiger partial charge in [0.1, 0.15) is 26.2 Å². The third kappa shape index (κ3) is 3.69. The van der Waals surface area contributed by atoms with Gasteiger partial charge in [-0.25, -0.2) is 13.4 Å². The number of quaternary nitrogens is 1. The first kappa shape index (κ1) is 19.1. The maximum Gasteiger partial charge on any atom is 0.274 e. The molecule has 0 saturated carbocycles. The fourth-order valence-electron chi connectivity index (χ4n) is 3.58. The minimum atomic E-state index is -3.27. The van der Waals surface area contributed by atoms with Crippen molar-refractivity contribution in [3.8, 4) is 0 Å². The predicted molar refractivity (Wildman–Crippen MR) is 109 cm³/mol. The van der Waals surface area contributed by atoms with Crippen molar-refractivity contribution in [2.45, 2.75) is 18.5 Å². The fourth-order valence-corrected chi connectivity index (χ4v) is 4.73. The molecule has 0 unspecified atom stereocenters. The van der Waals surface area contributed by atoms with E-state index in [1.165, 1.54) is 4.90 Å². The molecule has 0 spiro atoms. The number of nitrogens with zero attached hydrogens (tertiary/aromatic N) is 2. The van der Waals surface area contributed by atoms with Gasteiger partial charge in [-0.2, -0.15) is 0 Å². The normalized spacial score (nSPS) is 16.0. The van der Waals surface area contributed by atoms with Crippen LogP contribution in [-0.2, 0) is 16.5 Å². The molecule has 1 aliphatic heterocycles. The molecule has 1 saturated heterocycles. The highest BCUT2D eigenvalue weighted by molar-refractivity contribution is 7.91. The van der Waals surface area contributed by atoms with Crippen molar-refractivity contribution in [2.24, 2.45) is 0 Å². The minimum absolute atomic E-state index is 0.0702. The summed E-state index contributed by atoms with van der Waals surface area (Å²) in [5.41, 5.74) is 1.36. The number of hydrogen-bond acceptors (Lipinski definition) is 5. The molecule has 4 rings (SSSR count). The third-order valence-electron chi connectivity index (χ3n) is 5.26. The summed E-state index contributed by atoms with van der Waals surface area (Å²) in [5, 5.41) is 0. The first-order chi connectivity index (χ1) is 13.5. The molecule has 148 valence electrons. The number of sulfone groups is 1. The summed E-state index contributed by atoms with van der Waals surface area (Å²) in [5.74, 6) is 1.20. The van der Waals surface area contributed by atoms with Crippen LogP contribution in [0.4, 0.5) is 5.82 Å². The van der Waals surface area contributed by atoms with Gasteiger partial charge in [0.05, 0.1) is 22.4 Å². The molecule has 3 aromatic rings. The summed E-state index contributed by atoms with van der Waals surface area (Å²) in [7, 11) is -3.27. The lowest BCUT2D eigenvalue weighted by Gasteiger charge is -2.28. The molecule has 9 heteroatoms. The highest BCUT2D eigenvalue weighted by Gasteiger charge is 2.27. The number of piperazine rings is 1. The van der Waals surface area contributed by atoms with Crippen LogP contribution >= 0.6 is 12.2 Å². The van der Waals surface area contributed by atoms with Crippen LogP contribution in [0.15, 0.2) is 51.9 Å². The van der Waals surface area contributed by atoms with Gasteiger partial charge in [0.2, 0.25) is 0 Å². The number of nitrogens with one attached hydrogen (secondary N) is 2. The van der Waals surface area contributed by atoms with Gasteiger partial charge in [-0.3, -0.25) is 9.47 Å². The summed E-state index contributed by atoms with van der Waals surface area (Å²) < 4.78 is 32.1. The molecule has 7 nitrogen and oxygen atoms in total. The van der Waals surface area contributed by atoms with E-state index in [0.717, 1.165) is 37.5 Å². The fraction of sp³-hybridized carbons (Fsp3) is 0.368. The molecule has 0 radical (unpaired) electrons. The van der Waals surface area contributed by atoms with Gasteiger partial charge in [-0.15, -0.1) is 0 Å². The van der Waals surface area contributed by atoms with Crippen molar-refractivity contribution < 1.29 is 22.7 Å². The third-order valence-corrected chi connectivity index (χ3v) is 7.30. The van der Waals surface area contributed by atoms with Crippen molar-refractivity contribution in [3.05, 3.63) is 47.4 Å². The second-order valence-corrected chi connectivity index (χ2v) is 9.60. The Morgan fingerprint density at radius 1 is 1.21 bits per heavy atom. The van der Waals surface area contributed by atoms with Crippen LogP contribution in [0.3, 0.4) is 0 Å². The summed E-state index contributed by atoms with van der Waals surface area (Å²) in [6, 6.07) is 11.1. The number of benzene rings is 1. The van der Waals surface area contributed by atoms with Crippen LogP contribution in [0.25, 0.3) is 11.1 Å². The van der Waals surface area contributed by atoms with Crippen molar-refractivity contribution >= 4 is 39.0 Å². The Kier molecular flexibility index (Phi) is 5.22. The van der Waals surface area contributed by atoms with Crippen molar-refractivity contribution in [3.63, 3.8) is 0 Å². The maximum absolute atomic E-state index is 12.2. The number of aromatic amines is 1. The van der Waals surface area contributed by atoms with Crippen LogP contribution in [-0.4, -0.2) is 44.9 Å². The molecule has 1 fully saturated rings. The summed E-state index contributed by atoms with van der Waals surface area (Å²) >= 11 is 5.40. The molecule has 2 N–H and O–H groups in total. The monoisotopic (exact) mass is 420 g/mol. The number of pyridine rings is 1. The number of aromatic nitrogens is 2. The van der Waals surface area contributed by atoms with Crippen LogP contribution in [0, 0.1) is 4.84 Å². The van der Waals surface area contributed by atoms with Crippen LogP contribution in [0.2, 0.25) is 0 Å². The number of fused-ring (bicyclic) bond motifs is 1. The molecular weight excluding hydrogens is 396 g/mol. The Bertz CT molecular complexity index is 1130. The average Bonchev–Trinajstić information content (AvgIpc) is 3.04. The molecular formula is C19H24N4O3S2+2. The van der Waals surface area contributed by atoms with E-state index >= 15 is 0 Å². The number of rotatable bonds is 5. The standard InChI is InChI=1S/C19H22N4O3S2/c1-2-28(24,25)15-6-7-17-16(13-15)23(19(27)26-17)14-21-9-11-22(12-10-21)18-5-3-4-8-20-18/h3-8,13H,2,9-12,14H2,1H3/p+2. The van der Waals surface area contributed by atoms with E-state index in [1.807, 2.05) is 22.9 Å². The molecule has 0 atom stereocenters. The van der Waals surface area contributed by atoms with E-state index in [2.05, 4.69) is 16.0 Å². The van der Waals surface area contributed by atoms with Gasteiger partial charge in [-0.1, -0.05) is 13.0 Å². The van der Waals surface area contributed by atoms with E-state index in [9.17, 15) is 8.42 Å². The second-order valence-electron chi connectivity index (χ2n) is 6.97. The molecule has 0 aliphatic carbocycles. The van der Waals surface area contributed by atoms with Crippen LogP contribution < -0.4 is 14.8 Å². The summed E-state index contributed by atoms with van der Waals surface area (Å²) in [4.78, 5) is 7.69. The quantitative estimate of drug-likeness (QED) is 0.622. The Morgan fingerprint density at radius 3 is 2.68 bits per heavy atom. The topological polar surface area (TPSA) is 74.0 Å². The first-order valence-electron chi connectivity index (χ1n) is 9.39. The zero-order chi connectivity index (χ0) is 19.7. The number of hydrogen-bond donors (Lipinski definition) is 1. The minimum Gasteiger partial charge on any atom is -0.429 e. The lowest BCUT2D eigenvalue weighted by molar-refractivity contribution is -0.923.